The Morgan fingerprint density at radius 1 is 1.53 bits per heavy atom. The van der Waals surface area contributed by atoms with Crippen LogP contribution < -0.4 is 11.1 Å². The first-order chi connectivity index (χ1) is 8.25. The lowest BCUT2D eigenvalue weighted by Gasteiger charge is -2.22. The fraction of sp³-hybridized carbons (Fsp3) is 0.636. The van der Waals surface area contributed by atoms with Crippen molar-refractivity contribution < 1.29 is 4.74 Å². The molecule has 1 fully saturated rings. The fourth-order valence-electron chi connectivity index (χ4n) is 1.89. The first-order valence-corrected chi connectivity index (χ1v) is 6.27. The fourth-order valence-corrected chi connectivity index (χ4v) is 2.05. The quantitative estimate of drug-likeness (QED) is 0.863. The van der Waals surface area contributed by atoms with Crippen LogP contribution in [0.25, 0.3) is 0 Å². The molecule has 0 saturated carbocycles. The van der Waals surface area contributed by atoms with E-state index in [0.717, 1.165) is 26.0 Å². The maximum Gasteiger partial charge on any atom is 0.222 e. The highest BCUT2D eigenvalue weighted by Gasteiger charge is 2.13. The van der Waals surface area contributed by atoms with E-state index in [2.05, 4.69) is 15.3 Å². The van der Waals surface area contributed by atoms with E-state index in [1.165, 1.54) is 19.0 Å². The molecule has 1 aliphatic rings. The summed E-state index contributed by atoms with van der Waals surface area (Å²) in [6.45, 7) is 1.66. The van der Waals surface area contributed by atoms with Crippen molar-refractivity contribution in [3.05, 3.63) is 11.2 Å². The van der Waals surface area contributed by atoms with E-state index >= 15 is 0 Å². The molecular weight excluding hydrogens is 240 g/mol. The third-order valence-electron chi connectivity index (χ3n) is 2.80. The zero-order chi connectivity index (χ0) is 12.1. The molecule has 5 nitrogen and oxygen atoms in total. The number of hydrogen-bond acceptors (Lipinski definition) is 5. The van der Waals surface area contributed by atoms with Gasteiger partial charge in [-0.1, -0.05) is 11.6 Å². The summed E-state index contributed by atoms with van der Waals surface area (Å²) < 4.78 is 5.64. The highest BCUT2D eigenvalue weighted by molar-refractivity contribution is 6.32. The Balaban J connectivity index is 1.79. The normalized spacial score (nSPS) is 20.2. The average Bonchev–Trinajstić information content (AvgIpc) is 2.35. The summed E-state index contributed by atoms with van der Waals surface area (Å²) in [5, 5.41) is 3.65. The largest absolute Gasteiger partial charge is 0.378 e. The maximum absolute atomic E-state index is 5.94. The molecule has 0 bridgehead atoms. The molecule has 17 heavy (non-hydrogen) atoms. The maximum atomic E-state index is 5.94. The minimum Gasteiger partial charge on any atom is -0.378 e. The van der Waals surface area contributed by atoms with Gasteiger partial charge in [-0.15, -0.1) is 0 Å². The summed E-state index contributed by atoms with van der Waals surface area (Å²) in [5.74, 6) is 0.820. The Labute approximate surface area is 106 Å². The van der Waals surface area contributed by atoms with E-state index in [1.807, 2.05) is 0 Å². The third kappa shape index (κ3) is 3.71. The number of nitrogens with one attached hydrogen (secondary N) is 1. The van der Waals surface area contributed by atoms with Gasteiger partial charge in [-0.3, -0.25) is 0 Å². The van der Waals surface area contributed by atoms with Crippen LogP contribution in [0.5, 0.6) is 0 Å². The molecule has 0 aromatic carbocycles. The number of nitrogens with two attached hydrogens (primary N) is 1. The van der Waals surface area contributed by atoms with Crippen molar-refractivity contribution in [1.82, 2.24) is 9.97 Å². The van der Waals surface area contributed by atoms with E-state index in [1.54, 1.807) is 0 Å². The second kappa shape index (κ2) is 6.02. The number of ether oxygens (including phenoxy) is 1. The zero-order valence-corrected chi connectivity index (χ0v) is 10.4. The molecule has 3 N–H and O–H groups in total. The van der Waals surface area contributed by atoms with Crippen LogP contribution in [0.3, 0.4) is 0 Å². The second-order valence-corrected chi connectivity index (χ2v) is 4.54. The van der Waals surface area contributed by atoms with Crippen molar-refractivity contribution in [3.8, 4) is 0 Å². The van der Waals surface area contributed by atoms with Crippen LogP contribution in [0.2, 0.25) is 5.02 Å². The van der Waals surface area contributed by atoms with Crippen LogP contribution in [0.4, 0.5) is 11.8 Å². The first kappa shape index (κ1) is 12.4. The SMILES string of the molecule is Nc1ncc(Cl)c(NCCC2CCCCO2)n1. The highest BCUT2D eigenvalue weighted by Crippen LogP contribution is 2.19. The van der Waals surface area contributed by atoms with Gasteiger partial charge >= 0.3 is 0 Å². The minimum atomic E-state index is 0.228. The van der Waals surface area contributed by atoms with Crippen LogP contribution >= 0.6 is 11.6 Å². The molecule has 1 atom stereocenters. The summed E-state index contributed by atoms with van der Waals surface area (Å²) in [5.41, 5.74) is 5.50. The molecule has 1 aromatic rings. The minimum absolute atomic E-state index is 0.228. The zero-order valence-electron chi connectivity index (χ0n) is 9.66. The lowest BCUT2D eigenvalue weighted by Crippen LogP contribution is -2.22. The molecule has 6 heteroatoms. The molecule has 1 aliphatic heterocycles. The summed E-state index contributed by atoms with van der Waals surface area (Å²) in [7, 11) is 0. The topological polar surface area (TPSA) is 73.1 Å². The summed E-state index contributed by atoms with van der Waals surface area (Å²) >= 11 is 5.94. The van der Waals surface area contributed by atoms with Gasteiger partial charge in [-0.2, -0.15) is 4.98 Å². The van der Waals surface area contributed by atoms with E-state index in [-0.39, 0.29) is 5.95 Å². The number of rotatable bonds is 4. The van der Waals surface area contributed by atoms with Crippen LogP contribution in [0.15, 0.2) is 6.20 Å². The lowest BCUT2D eigenvalue weighted by atomic mass is 10.1. The number of halogens is 1. The number of nitrogen functional groups attached to an aromatic ring is 1. The predicted molar refractivity (Wildman–Crippen MR) is 68.2 cm³/mol. The third-order valence-corrected chi connectivity index (χ3v) is 3.07. The summed E-state index contributed by atoms with van der Waals surface area (Å²) in [6.07, 6.45) is 6.39. The standard InChI is InChI=1S/C11H17ClN4O/c12-9-7-15-11(13)16-10(9)14-5-4-8-3-1-2-6-17-8/h7-8H,1-6H2,(H3,13,14,15,16). The molecule has 1 aromatic heterocycles. The van der Waals surface area contributed by atoms with Gasteiger partial charge < -0.3 is 15.8 Å². The second-order valence-electron chi connectivity index (χ2n) is 4.13. The molecule has 1 saturated heterocycles. The number of nitrogens with zero attached hydrogens (tertiary/aromatic N) is 2. The van der Waals surface area contributed by atoms with Crippen molar-refractivity contribution in [3.63, 3.8) is 0 Å². The smallest absolute Gasteiger partial charge is 0.222 e. The van der Waals surface area contributed by atoms with Gasteiger partial charge in [0.05, 0.1) is 12.3 Å². The molecular formula is C11H17ClN4O. The Morgan fingerprint density at radius 3 is 3.18 bits per heavy atom. The molecule has 0 aliphatic carbocycles. The Kier molecular flexibility index (Phi) is 4.39. The Hall–Kier alpha value is -1.07. The number of aromatic nitrogens is 2. The van der Waals surface area contributed by atoms with E-state index < -0.39 is 0 Å². The molecule has 0 spiro atoms. The van der Waals surface area contributed by atoms with Gasteiger partial charge in [0.15, 0.2) is 0 Å². The van der Waals surface area contributed by atoms with Crippen molar-refractivity contribution in [1.29, 1.82) is 0 Å². The predicted octanol–water partition coefficient (Wildman–Crippen LogP) is 2.08. The molecule has 0 amide bonds. The van der Waals surface area contributed by atoms with E-state index in [9.17, 15) is 0 Å². The van der Waals surface area contributed by atoms with Crippen molar-refractivity contribution in [2.45, 2.75) is 31.8 Å². The first-order valence-electron chi connectivity index (χ1n) is 5.89. The lowest BCUT2D eigenvalue weighted by molar-refractivity contribution is 0.0134. The average molecular weight is 257 g/mol. The van der Waals surface area contributed by atoms with Gasteiger partial charge in [0.25, 0.3) is 0 Å². The van der Waals surface area contributed by atoms with Crippen LogP contribution in [-0.2, 0) is 4.74 Å². The van der Waals surface area contributed by atoms with Gasteiger partial charge in [-0.25, -0.2) is 4.98 Å². The summed E-state index contributed by atoms with van der Waals surface area (Å²) in [6, 6.07) is 0. The molecule has 94 valence electrons. The Bertz CT molecular complexity index is 368. The van der Waals surface area contributed by atoms with E-state index in [0.29, 0.717) is 16.9 Å². The van der Waals surface area contributed by atoms with Gasteiger partial charge in [-0.05, 0) is 25.7 Å². The van der Waals surface area contributed by atoms with Crippen molar-refractivity contribution in [2.24, 2.45) is 0 Å². The monoisotopic (exact) mass is 256 g/mol. The molecule has 2 rings (SSSR count). The molecule has 2 heterocycles. The van der Waals surface area contributed by atoms with Crippen molar-refractivity contribution >= 4 is 23.4 Å². The van der Waals surface area contributed by atoms with E-state index in [4.69, 9.17) is 22.1 Å². The van der Waals surface area contributed by atoms with Crippen LogP contribution in [0, 0.1) is 0 Å². The molecule has 0 radical (unpaired) electrons. The number of hydrogen-bond donors (Lipinski definition) is 2. The van der Waals surface area contributed by atoms with Gasteiger partial charge in [0.1, 0.15) is 10.8 Å². The van der Waals surface area contributed by atoms with Crippen molar-refractivity contribution in [2.75, 3.05) is 24.2 Å². The van der Waals surface area contributed by atoms with Crippen LogP contribution in [-0.4, -0.2) is 29.2 Å². The number of anilines is 2. The highest BCUT2D eigenvalue weighted by atomic mass is 35.5. The van der Waals surface area contributed by atoms with Crippen LogP contribution in [0.1, 0.15) is 25.7 Å². The van der Waals surface area contributed by atoms with Gasteiger partial charge in [0, 0.05) is 13.2 Å². The Morgan fingerprint density at radius 2 is 2.41 bits per heavy atom. The van der Waals surface area contributed by atoms with Gasteiger partial charge in [0.2, 0.25) is 5.95 Å². The molecule has 1 unspecified atom stereocenters. The summed E-state index contributed by atoms with van der Waals surface area (Å²) in [4.78, 5) is 7.85.